The fourth-order valence-corrected chi connectivity index (χ4v) is 1.67. The highest BCUT2D eigenvalue weighted by Crippen LogP contribution is 2.15. The second-order valence-corrected chi connectivity index (χ2v) is 3.62. The van der Waals surface area contributed by atoms with Crippen molar-refractivity contribution in [3.8, 4) is 0 Å². The number of hydrogen-bond donors (Lipinski definition) is 2. The maximum absolute atomic E-state index is 11.2. The van der Waals surface area contributed by atoms with E-state index < -0.39 is 5.97 Å². The average molecular weight is 220 g/mol. The van der Waals surface area contributed by atoms with E-state index in [0.717, 1.165) is 12.2 Å². The quantitative estimate of drug-likeness (QED) is 0.753. The van der Waals surface area contributed by atoms with Crippen LogP contribution in [0.3, 0.4) is 0 Å². The molecule has 1 aliphatic rings. The predicted molar refractivity (Wildman–Crippen MR) is 58.6 cm³/mol. The SMILES string of the molecule is O=C1CN(c2ccc(C(=O)O)cc2)CCN1. The summed E-state index contributed by atoms with van der Waals surface area (Å²) in [4.78, 5) is 23.8. The summed E-state index contributed by atoms with van der Waals surface area (Å²) in [5.74, 6) is -0.948. The van der Waals surface area contributed by atoms with E-state index in [4.69, 9.17) is 5.11 Å². The number of rotatable bonds is 2. The summed E-state index contributed by atoms with van der Waals surface area (Å²) in [5, 5.41) is 11.5. The van der Waals surface area contributed by atoms with Gasteiger partial charge >= 0.3 is 5.97 Å². The predicted octanol–water partition coefficient (Wildman–Crippen LogP) is 0.321. The zero-order valence-electron chi connectivity index (χ0n) is 8.64. The van der Waals surface area contributed by atoms with Gasteiger partial charge in [0.1, 0.15) is 0 Å². The first-order valence-electron chi connectivity index (χ1n) is 5.02. The minimum absolute atomic E-state index is 0.00596. The number of anilines is 1. The number of piperazine rings is 1. The van der Waals surface area contributed by atoms with Crippen molar-refractivity contribution in [1.29, 1.82) is 0 Å². The van der Waals surface area contributed by atoms with Gasteiger partial charge < -0.3 is 15.3 Å². The Morgan fingerprint density at radius 3 is 2.56 bits per heavy atom. The van der Waals surface area contributed by atoms with E-state index in [1.807, 2.05) is 4.90 Å². The Hall–Kier alpha value is -2.04. The van der Waals surface area contributed by atoms with Gasteiger partial charge in [0.2, 0.25) is 5.91 Å². The van der Waals surface area contributed by atoms with E-state index in [9.17, 15) is 9.59 Å². The number of amides is 1. The number of carbonyl (C=O) groups is 2. The Morgan fingerprint density at radius 1 is 1.31 bits per heavy atom. The number of carboxylic acids is 1. The molecule has 1 heterocycles. The number of aromatic carboxylic acids is 1. The first-order valence-corrected chi connectivity index (χ1v) is 5.02. The third kappa shape index (κ3) is 2.13. The maximum atomic E-state index is 11.2. The standard InChI is InChI=1S/C11H12N2O3/c14-10-7-13(6-5-12-10)9-3-1-8(2-4-9)11(15)16/h1-4H,5-7H2,(H,12,14)(H,15,16). The first kappa shape index (κ1) is 10.5. The molecule has 1 aliphatic heterocycles. The number of nitrogens with zero attached hydrogens (tertiary/aromatic N) is 1. The Balaban J connectivity index is 2.14. The van der Waals surface area contributed by atoms with E-state index in [2.05, 4.69) is 5.32 Å². The summed E-state index contributed by atoms with van der Waals surface area (Å²) < 4.78 is 0. The molecule has 16 heavy (non-hydrogen) atoms. The summed E-state index contributed by atoms with van der Waals surface area (Å²) in [6.07, 6.45) is 0. The average Bonchev–Trinajstić information content (AvgIpc) is 2.29. The largest absolute Gasteiger partial charge is 0.478 e. The van der Waals surface area contributed by atoms with Crippen LogP contribution in [0.5, 0.6) is 0 Å². The van der Waals surface area contributed by atoms with Crippen molar-refractivity contribution in [3.63, 3.8) is 0 Å². The van der Waals surface area contributed by atoms with Crippen LogP contribution in [0.15, 0.2) is 24.3 Å². The van der Waals surface area contributed by atoms with Crippen LogP contribution in [0.4, 0.5) is 5.69 Å². The van der Waals surface area contributed by atoms with Crippen molar-refractivity contribution in [2.24, 2.45) is 0 Å². The molecule has 0 aromatic heterocycles. The van der Waals surface area contributed by atoms with Crippen molar-refractivity contribution in [2.45, 2.75) is 0 Å². The van der Waals surface area contributed by atoms with Gasteiger partial charge in [-0.25, -0.2) is 4.79 Å². The van der Waals surface area contributed by atoms with E-state index in [-0.39, 0.29) is 11.5 Å². The summed E-state index contributed by atoms with van der Waals surface area (Å²) in [5.41, 5.74) is 1.13. The van der Waals surface area contributed by atoms with Crippen molar-refractivity contribution >= 4 is 17.6 Å². The molecule has 2 rings (SSSR count). The van der Waals surface area contributed by atoms with Crippen LogP contribution in [0, 0.1) is 0 Å². The minimum atomic E-state index is -0.942. The van der Waals surface area contributed by atoms with Gasteiger partial charge in [-0.1, -0.05) is 0 Å². The van der Waals surface area contributed by atoms with Crippen LogP contribution in [0.2, 0.25) is 0 Å². The lowest BCUT2D eigenvalue weighted by Crippen LogP contribution is -2.47. The highest BCUT2D eigenvalue weighted by Gasteiger charge is 2.16. The maximum Gasteiger partial charge on any atom is 0.335 e. The van der Waals surface area contributed by atoms with E-state index in [1.165, 1.54) is 0 Å². The fourth-order valence-electron chi connectivity index (χ4n) is 1.67. The van der Waals surface area contributed by atoms with E-state index in [0.29, 0.717) is 13.1 Å². The van der Waals surface area contributed by atoms with Crippen molar-refractivity contribution in [2.75, 3.05) is 24.5 Å². The number of hydrogen-bond acceptors (Lipinski definition) is 3. The number of benzene rings is 1. The van der Waals surface area contributed by atoms with Crippen LogP contribution in [-0.2, 0) is 4.79 Å². The zero-order chi connectivity index (χ0) is 11.5. The molecule has 1 saturated heterocycles. The summed E-state index contributed by atoms with van der Waals surface area (Å²) in [7, 11) is 0. The number of carboxylic acid groups (broad SMARTS) is 1. The topological polar surface area (TPSA) is 69.6 Å². The molecular formula is C11H12N2O3. The van der Waals surface area contributed by atoms with Gasteiger partial charge in [-0.3, -0.25) is 4.79 Å². The van der Waals surface area contributed by atoms with Crippen LogP contribution >= 0.6 is 0 Å². The molecule has 0 atom stereocenters. The highest BCUT2D eigenvalue weighted by molar-refractivity contribution is 5.88. The fraction of sp³-hybridized carbons (Fsp3) is 0.273. The lowest BCUT2D eigenvalue weighted by molar-refractivity contribution is -0.120. The van der Waals surface area contributed by atoms with Gasteiger partial charge in [-0.15, -0.1) is 0 Å². The van der Waals surface area contributed by atoms with Crippen LogP contribution in [-0.4, -0.2) is 36.6 Å². The molecule has 0 spiro atoms. The Bertz CT molecular complexity index is 414. The second-order valence-electron chi connectivity index (χ2n) is 3.62. The van der Waals surface area contributed by atoms with Gasteiger partial charge in [-0.05, 0) is 24.3 Å². The van der Waals surface area contributed by atoms with Gasteiger partial charge in [0, 0.05) is 18.8 Å². The first-order chi connectivity index (χ1) is 7.66. The molecule has 5 nitrogen and oxygen atoms in total. The summed E-state index contributed by atoms with van der Waals surface area (Å²) in [6.45, 7) is 1.70. The lowest BCUT2D eigenvalue weighted by Gasteiger charge is -2.28. The molecule has 0 saturated carbocycles. The van der Waals surface area contributed by atoms with Crippen molar-refractivity contribution < 1.29 is 14.7 Å². The summed E-state index contributed by atoms with van der Waals surface area (Å²) in [6, 6.07) is 6.54. The monoisotopic (exact) mass is 220 g/mol. The van der Waals surface area contributed by atoms with Gasteiger partial charge in [0.15, 0.2) is 0 Å². The number of carbonyl (C=O) groups excluding carboxylic acids is 1. The third-order valence-corrected chi connectivity index (χ3v) is 2.52. The van der Waals surface area contributed by atoms with Crippen LogP contribution in [0.1, 0.15) is 10.4 Å². The normalized spacial score (nSPS) is 15.8. The molecule has 1 amide bonds. The molecule has 5 heteroatoms. The Morgan fingerprint density at radius 2 is 2.00 bits per heavy atom. The molecular weight excluding hydrogens is 208 g/mol. The van der Waals surface area contributed by atoms with E-state index >= 15 is 0 Å². The zero-order valence-corrected chi connectivity index (χ0v) is 8.64. The third-order valence-electron chi connectivity index (χ3n) is 2.52. The molecule has 1 fully saturated rings. The second kappa shape index (κ2) is 4.22. The van der Waals surface area contributed by atoms with Gasteiger partial charge in [-0.2, -0.15) is 0 Å². The summed E-state index contributed by atoms with van der Waals surface area (Å²) >= 11 is 0. The molecule has 84 valence electrons. The molecule has 0 bridgehead atoms. The Labute approximate surface area is 92.7 Å². The number of nitrogens with one attached hydrogen (secondary N) is 1. The molecule has 0 unspecified atom stereocenters. The lowest BCUT2D eigenvalue weighted by atomic mass is 10.2. The molecule has 0 radical (unpaired) electrons. The smallest absolute Gasteiger partial charge is 0.335 e. The molecule has 1 aromatic rings. The van der Waals surface area contributed by atoms with Crippen molar-refractivity contribution in [1.82, 2.24) is 5.32 Å². The van der Waals surface area contributed by atoms with Crippen LogP contribution < -0.4 is 10.2 Å². The molecule has 0 aliphatic carbocycles. The Kier molecular flexibility index (Phi) is 2.76. The van der Waals surface area contributed by atoms with Gasteiger partial charge in [0.25, 0.3) is 0 Å². The minimum Gasteiger partial charge on any atom is -0.478 e. The molecule has 1 aromatic carbocycles. The van der Waals surface area contributed by atoms with Gasteiger partial charge in [0.05, 0.1) is 12.1 Å². The van der Waals surface area contributed by atoms with Crippen molar-refractivity contribution in [3.05, 3.63) is 29.8 Å². The van der Waals surface area contributed by atoms with Crippen LogP contribution in [0.25, 0.3) is 0 Å². The molecule has 2 N–H and O–H groups in total. The highest BCUT2D eigenvalue weighted by atomic mass is 16.4. The van der Waals surface area contributed by atoms with E-state index in [1.54, 1.807) is 24.3 Å².